The first-order valence-electron chi connectivity index (χ1n) is 5.71. The number of rotatable bonds is 3. The van der Waals surface area contributed by atoms with E-state index in [2.05, 4.69) is 0 Å². The smallest absolute Gasteiger partial charge is 0.175 e. The molecule has 0 heterocycles. The number of hydrogen-bond acceptors (Lipinski definition) is 1. The van der Waals surface area contributed by atoms with Crippen LogP contribution in [0.5, 0.6) is 0 Å². The van der Waals surface area contributed by atoms with Crippen molar-refractivity contribution in [3.63, 3.8) is 0 Å². The largest absolute Gasteiger partial charge is 0.325 e. The maximum Gasteiger partial charge on any atom is 0.175 e. The van der Waals surface area contributed by atoms with Gasteiger partial charge in [-0.15, -0.1) is 0 Å². The molecule has 0 amide bonds. The Kier molecular flexibility index (Phi) is 3.25. The molecule has 0 spiro atoms. The van der Waals surface area contributed by atoms with E-state index in [1.165, 1.54) is 0 Å². The fourth-order valence-corrected chi connectivity index (χ4v) is 2.05. The quantitative estimate of drug-likeness (QED) is 0.859. The molecule has 1 nitrogen and oxygen atoms in total. The van der Waals surface area contributed by atoms with Crippen molar-refractivity contribution in [3.8, 4) is 0 Å². The number of benzene rings is 2. The molecule has 1 atom stereocenters. The summed E-state index contributed by atoms with van der Waals surface area (Å²) in [6, 6.07) is 17.5. The highest BCUT2D eigenvalue weighted by molar-refractivity contribution is 5.37. The molecular formula is C15H16FN. The van der Waals surface area contributed by atoms with Gasteiger partial charge in [-0.3, -0.25) is 0 Å². The Balaban J connectivity index is 2.55. The van der Waals surface area contributed by atoms with Gasteiger partial charge in [0.15, 0.2) is 5.67 Å². The van der Waals surface area contributed by atoms with Gasteiger partial charge in [-0.05, 0) is 18.1 Å². The Morgan fingerprint density at radius 2 is 1.24 bits per heavy atom. The van der Waals surface area contributed by atoms with E-state index in [9.17, 15) is 0 Å². The van der Waals surface area contributed by atoms with E-state index >= 15 is 4.39 Å². The van der Waals surface area contributed by atoms with Gasteiger partial charge < -0.3 is 5.73 Å². The Morgan fingerprint density at radius 1 is 0.882 bits per heavy atom. The summed E-state index contributed by atoms with van der Waals surface area (Å²) in [4.78, 5) is 0. The van der Waals surface area contributed by atoms with E-state index in [1.54, 1.807) is 31.2 Å². The lowest BCUT2D eigenvalue weighted by molar-refractivity contribution is 0.185. The molecule has 0 aliphatic heterocycles. The molecule has 2 heteroatoms. The summed E-state index contributed by atoms with van der Waals surface area (Å²) < 4.78 is 15.3. The van der Waals surface area contributed by atoms with E-state index in [1.807, 2.05) is 36.4 Å². The Morgan fingerprint density at radius 3 is 1.53 bits per heavy atom. The summed E-state index contributed by atoms with van der Waals surface area (Å²) >= 11 is 0. The third-order valence-electron chi connectivity index (χ3n) is 3.02. The highest BCUT2D eigenvalue weighted by Gasteiger charge is 2.37. The van der Waals surface area contributed by atoms with Crippen molar-refractivity contribution >= 4 is 0 Å². The summed E-state index contributed by atoms with van der Waals surface area (Å²) in [5.41, 5.74) is 5.42. The summed E-state index contributed by atoms with van der Waals surface area (Å²) in [6.45, 7) is 1.69. The van der Waals surface area contributed by atoms with Crippen LogP contribution >= 0.6 is 0 Å². The highest BCUT2D eigenvalue weighted by Crippen LogP contribution is 2.36. The standard InChI is InChI=1S/C15H16FN/c1-12(17)15(16,13-8-4-2-5-9-13)14-10-6-3-7-11-14/h2-12H,17H2,1H3/t12-/m0/s1. The fourth-order valence-electron chi connectivity index (χ4n) is 2.05. The van der Waals surface area contributed by atoms with E-state index in [0.717, 1.165) is 0 Å². The minimum absolute atomic E-state index is 0.598. The molecule has 0 bridgehead atoms. The lowest BCUT2D eigenvalue weighted by atomic mass is 9.83. The van der Waals surface area contributed by atoms with Gasteiger partial charge in [0.1, 0.15) is 0 Å². The lowest BCUT2D eigenvalue weighted by Gasteiger charge is -2.30. The van der Waals surface area contributed by atoms with E-state index in [-0.39, 0.29) is 0 Å². The zero-order valence-electron chi connectivity index (χ0n) is 9.81. The second-order valence-corrected chi connectivity index (χ2v) is 4.23. The van der Waals surface area contributed by atoms with Crippen molar-refractivity contribution < 1.29 is 4.39 Å². The van der Waals surface area contributed by atoms with Crippen LogP contribution in [0.2, 0.25) is 0 Å². The van der Waals surface area contributed by atoms with Crippen LogP contribution < -0.4 is 5.73 Å². The summed E-state index contributed by atoms with van der Waals surface area (Å²) in [5.74, 6) is 0. The molecule has 0 aliphatic rings. The second-order valence-electron chi connectivity index (χ2n) is 4.23. The van der Waals surface area contributed by atoms with Gasteiger partial charge in [0.05, 0.1) is 0 Å². The number of hydrogen-bond donors (Lipinski definition) is 1. The average Bonchev–Trinajstić information content (AvgIpc) is 2.39. The van der Waals surface area contributed by atoms with E-state index in [4.69, 9.17) is 5.73 Å². The maximum absolute atomic E-state index is 15.3. The van der Waals surface area contributed by atoms with E-state index in [0.29, 0.717) is 11.1 Å². The van der Waals surface area contributed by atoms with Gasteiger partial charge >= 0.3 is 0 Å². The van der Waals surface area contributed by atoms with Crippen LogP contribution in [0.25, 0.3) is 0 Å². The van der Waals surface area contributed by atoms with Crippen LogP contribution in [0.1, 0.15) is 18.1 Å². The van der Waals surface area contributed by atoms with Crippen molar-refractivity contribution in [2.75, 3.05) is 0 Å². The van der Waals surface area contributed by atoms with E-state index < -0.39 is 11.7 Å². The number of alkyl halides is 1. The molecule has 0 fully saturated rings. The minimum atomic E-state index is -1.64. The van der Waals surface area contributed by atoms with Crippen LogP contribution in [0.4, 0.5) is 4.39 Å². The summed E-state index contributed by atoms with van der Waals surface area (Å²) in [7, 11) is 0. The van der Waals surface area contributed by atoms with Gasteiger partial charge in [0.25, 0.3) is 0 Å². The van der Waals surface area contributed by atoms with Crippen LogP contribution in [0.15, 0.2) is 60.7 Å². The predicted octanol–water partition coefficient (Wildman–Crippen LogP) is 3.25. The minimum Gasteiger partial charge on any atom is -0.325 e. The zero-order valence-corrected chi connectivity index (χ0v) is 9.81. The molecule has 17 heavy (non-hydrogen) atoms. The van der Waals surface area contributed by atoms with Crippen molar-refractivity contribution in [3.05, 3.63) is 71.8 Å². The molecule has 0 unspecified atom stereocenters. The topological polar surface area (TPSA) is 26.0 Å². The molecule has 0 saturated heterocycles. The first kappa shape index (κ1) is 11.8. The summed E-state index contributed by atoms with van der Waals surface area (Å²) in [6.07, 6.45) is 0. The van der Waals surface area contributed by atoms with Crippen LogP contribution in [0.3, 0.4) is 0 Å². The summed E-state index contributed by atoms with van der Waals surface area (Å²) in [5, 5.41) is 0. The molecule has 2 rings (SSSR count). The van der Waals surface area contributed by atoms with Gasteiger partial charge in [-0.25, -0.2) is 4.39 Å². The fraction of sp³-hybridized carbons (Fsp3) is 0.200. The number of halogens is 1. The van der Waals surface area contributed by atoms with Gasteiger partial charge in [-0.1, -0.05) is 60.7 Å². The molecule has 2 N–H and O–H groups in total. The zero-order chi connectivity index (χ0) is 12.3. The first-order valence-corrected chi connectivity index (χ1v) is 5.71. The molecule has 88 valence electrons. The third-order valence-corrected chi connectivity index (χ3v) is 3.02. The van der Waals surface area contributed by atoms with Gasteiger partial charge in [-0.2, -0.15) is 0 Å². The third kappa shape index (κ3) is 2.08. The van der Waals surface area contributed by atoms with Crippen molar-refractivity contribution in [2.45, 2.75) is 18.6 Å². The predicted molar refractivity (Wildman–Crippen MR) is 68.4 cm³/mol. The molecular weight excluding hydrogens is 213 g/mol. The second kappa shape index (κ2) is 4.68. The molecule has 0 saturated carbocycles. The first-order chi connectivity index (χ1) is 8.15. The molecule has 0 aliphatic carbocycles. The molecule has 0 radical (unpaired) electrons. The Hall–Kier alpha value is -1.67. The van der Waals surface area contributed by atoms with Crippen LogP contribution in [-0.2, 0) is 5.67 Å². The van der Waals surface area contributed by atoms with Gasteiger partial charge in [0, 0.05) is 6.04 Å². The van der Waals surface area contributed by atoms with Gasteiger partial charge in [0.2, 0.25) is 0 Å². The van der Waals surface area contributed by atoms with Crippen LogP contribution in [-0.4, -0.2) is 6.04 Å². The monoisotopic (exact) mass is 229 g/mol. The maximum atomic E-state index is 15.3. The Bertz CT molecular complexity index is 425. The van der Waals surface area contributed by atoms with Crippen LogP contribution in [0, 0.1) is 0 Å². The highest BCUT2D eigenvalue weighted by atomic mass is 19.1. The Labute approximate surface area is 101 Å². The molecule has 2 aromatic rings. The SMILES string of the molecule is C[C@H](N)C(F)(c1ccccc1)c1ccccc1. The molecule has 2 aromatic carbocycles. The number of nitrogens with two attached hydrogens (primary N) is 1. The van der Waals surface area contributed by atoms with Crippen molar-refractivity contribution in [2.24, 2.45) is 5.73 Å². The van der Waals surface area contributed by atoms with Crippen molar-refractivity contribution in [1.82, 2.24) is 0 Å². The van der Waals surface area contributed by atoms with Crippen molar-refractivity contribution in [1.29, 1.82) is 0 Å². The normalized spacial score (nSPS) is 13.4. The lowest BCUT2D eigenvalue weighted by Crippen LogP contribution is -2.40. The molecule has 0 aromatic heterocycles. The average molecular weight is 229 g/mol.